The van der Waals surface area contributed by atoms with Gasteiger partial charge in [0.25, 0.3) is 0 Å². The smallest absolute Gasteiger partial charge is 0.222 e. The molecule has 0 unspecified atom stereocenters. The maximum Gasteiger partial charge on any atom is 0.222 e. The predicted molar refractivity (Wildman–Crippen MR) is 75.7 cm³/mol. The van der Waals surface area contributed by atoms with E-state index in [0.29, 0.717) is 5.91 Å². The van der Waals surface area contributed by atoms with Crippen LogP contribution in [0.4, 0.5) is 0 Å². The molecular formula is C14H22N2OS. The molecule has 1 aliphatic rings. The molecule has 4 heteroatoms. The zero-order valence-corrected chi connectivity index (χ0v) is 11.9. The number of amides is 1. The van der Waals surface area contributed by atoms with Crippen LogP contribution in [0, 0.1) is 0 Å². The lowest BCUT2D eigenvalue weighted by molar-refractivity contribution is -0.133. The summed E-state index contributed by atoms with van der Waals surface area (Å²) in [4.78, 5) is 17.8. The largest absolute Gasteiger partial charge is 0.340 e. The molecule has 0 N–H and O–H groups in total. The van der Waals surface area contributed by atoms with Crippen molar-refractivity contribution in [3.63, 3.8) is 0 Å². The Morgan fingerprint density at radius 1 is 1.33 bits per heavy atom. The quantitative estimate of drug-likeness (QED) is 0.818. The molecule has 2 rings (SSSR count). The first-order valence-corrected chi connectivity index (χ1v) is 7.70. The topological polar surface area (TPSA) is 23.6 Å². The van der Waals surface area contributed by atoms with Crippen LogP contribution >= 0.6 is 11.3 Å². The molecule has 0 saturated carbocycles. The van der Waals surface area contributed by atoms with E-state index in [9.17, 15) is 4.79 Å². The molecule has 1 amide bonds. The van der Waals surface area contributed by atoms with Gasteiger partial charge in [-0.2, -0.15) is 0 Å². The Balaban J connectivity index is 1.72. The van der Waals surface area contributed by atoms with Crippen molar-refractivity contribution >= 4 is 17.2 Å². The molecule has 0 atom stereocenters. The summed E-state index contributed by atoms with van der Waals surface area (Å²) >= 11 is 1.81. The molecule has 1 aromatic rings. The maximum atomic E-state index is 11.9. The van der Waals surface area contributed by atoms with Gasteiger partial charge in [0.15, 0.2) is 0 Å². The lowest BCUT2D eigenvalue weighted by atomic mass is 10.2. The molecule has 1 aliphatic heterocycles. The van der Waals surface area contributed by atoms with Crippen molar-refractivity contribution < 1.29 is 4.79 Å². The first kappa shape index (κ1) is 13.6. The molecule has 2 heterocycles. The third-order valence-electron chi connectivity index (χ3n) is 3.43. The summed E-state index contributed by atoms with van der Waals surface area (Å²) in [6, 6.07) is 4.29. The van der Waals surface area contributed by atoms with Crippen molar-refractivity contribution in [1.29, 1.82) is 0 Å². The van der Waals surface area contributed by atoms with Gasteiger partial charge in [0.05, 0.1) is 0 Å². The van der Waals surface area contributed by atoms with Gasteiger partial charge in [-0.15, -0.1) is 11.3 Å². The van der Waals surface area contributed by atoms with Gasteiger partial charge in [0.2, 0.25) is 5.91 Å². The van der Waals surface area contributed by atoms with Crippen molar-refractivity contribution in [2.24, 2.45) is 0 Å². The van der Waals surface area contributed by atoms with Gasteiger partial charge < -0.3 is 4.90 Å². The highest BCUT2D eigenvalue weighted by Gasteiger charge is 2.20. The summed E-state index contributed by atoms with van der Waals surface area (Å²) in [7, 11) is 0. The Hall–Kier alpha value is -0.870. The molecule has 1 aromatic heterocycles. The second-order valence-electron chi connectivity index (χ2n) is 4.84. The van der Waals surface area contributed by atoms with E-state index < -0.39 is 0 Å². The number of hydrogen-bond donors (Lipinski definition) is 0. The third kappa shape index (κ3) is 3.82. The van der Waals surface area contributed by atoms with Gasteiger partial charge in [-0.25, -0.2) is 0 Å². The predicted octanol–water partition coefficient (Wildman–Crippen LogP) is 2.58. The fourth-order valence-electron chi connectivity index (χ4n) is 2.26. The Kier molecular flexibility index (Phi) is 5.20. The van der Waals surface area contributed by atoms with Gasteiger partial charge in [0.1, 0.15) is 0 Å². The fraction of sp³-hybridized carbons (Fsp3) is 0.643. The first-order valence-electron chi connectivity index (χ1n) is 6.82. The lowest BCUT2D eigenvalue weighted by Crippen LogP contribution is -2.48. The maximum absolute atomic E-state index is 11.9. The van der Waals surface area contributed by atoms with E-state index in [1.54, 1.807) is 0 Å². The van der Waals surface area contributed by atoms with Crippen LogP contribution < -0.4 is 0 Å². The van der Waals surface area contributed by atoms with E-state index in [0.717, 1.165) is 52.0 Å². The van der Waals surface area contributed by atoms with Crippen LogP contribution in [0.1, 0.15) is 31.1 Å². The molecule has 1 saturated heterocycles. The zero-order chi connectivity index (χ0) is 12.8. The van der Waals surface area contributed by atoms with Crippen molar-refractivity contribution in [1.82, 2.24) is 9.80 Å². The summed E-state index contributed by atoms with van der Waals surface area (Å²) in [5.74, 6) is 0.340. The van der Waals surface area contributed by atoms with E-state index in [2.05, 4.69) is 29.3 Å². The average Bonchev–Trinajstić information content (AvgIpc) is 2.89. The van der Waals surface area contributed by atoms with Crippen LogP contribution in [-0.4, -0.2) is 41.9 Å². The van der Waals surface area contributed by atoms with Crippen molar-refractivity contribution in [2.45, 2.75) is 32.7 Å². The lowest BCUT2D eigenvalue weighted by Gasteiger charge is -2.34. The highest BCUT2D eigenvalue weighted by Crippen LogP contribution is 2.14. The van der Waals surface area contributed by atoms with Crippen LogP contribution in [0.15, 0.2) is 17.5 Å². The first-order chi connectivity index (χ1) is 8.79. The van der Waals surface area contributed by atoms with Gasteiger partial charge >= 0.3 is 0 Å². The van der Waals surface area contributed by atoms with Gasteiger partial charge in [-0.05, 0) is 17.9 Å². The molecular weight excluding hydrogens is 244 g/mol. The number of carbonyl (C=O) groups excluding carboxylic acids is 1. The number of nitrogens with zero attached hydrogens (tertiary/aromatic N) is 2. The van der Waals surface area contributed by atoms with Gasteiger partial charge in [-0.3, -0.25) is 9.69 Å². The Morgan fingerprint density at radius 3 is 2.72 bits per heavy atom. The summed E-state index contributed by atoms with van der Waals surface area (Å²) in [5, 5.41) is 2.12. The molecule has 0 aliphatic carbocycles. The Bertz CT molecular complexity index is 356. The van der Waals surface area contributed by atoms with Crippen molar-refractivity contribution in [3.8, 4) is 0 Å². The van der Waals surface area contributed by atoms with Crippen LogP contribution in [0.2, 0.25) is 0 Å². The van der Waals surface area contributed by atoms with Gasteiger partial charge in [-0.1, -0.05) is 19.4 Å². The summed E-state index contributed by atoms with van der Waals surface area (Å²) in [6.07, 6.45) is 2.85. The number of piperazine rings is 1. The SMILES string of the molecule is CCCCC(=O)N1CCN(Cc2cccs2)CC1. The summed E-state index contributed by atoms with van der Waals surface area (Å²) in [5.41, 5.74) is 0. The van der Waals surface area contributed by atoms with Crippen molar-refractivity contribution in [3.05, 3.63) is 22.4 Å². The molecule has 0 radical (unpaired) electrons. The van der Waals surface area contributed by atoms with E-state index in [1.807, 2.05) is 16.2 Å². The summed E-state index contributed by atoms with van der Waals surface area (Å²) < 4.78 is 0. The Labute approximate surface area is 113 Å². The molecule has 100 valence electrons. The number of thiophene rings is 1. The highest BCUT2D eigenvalue weighted by atomic mass is 32.1. The second-order valence-corrected chi connectivity index (χ2v) is 5.87. The van der Waals surface area contributed by atoms with Crippen LogP contribution in [-0.2, 0) is 11.3 Å². The molecule has 18 heavy (non-hydrogen) atoms. The number of hydrogen-bond acceptors (Lipinski definition) is 3. The third-order valence-corrected chi connectivity index (χ3v) is 4.29. The minimum atomic E-state index is 0.340. The van der Waals surface area contributed by atoms with E-state index >= 15 is 0 Å². The average molecular weight is 266 g/mol. The van der Waals surface area contributed by atoms with Crippen molar-refractivity contribution in [2.75, 3.05) is 26.2 Å². The van der Waals surface area contributed by atoms with Crippen LogP contribution in [0.5, 0.6) is 0 Å². The normalized spacial score (nSPS) is 17.1. The van der Waals surface area contributed by atoms with E-state index in [4.69, 9.17) is 0 Å². The van der Waals surface area contributed by atoms with Crippen LogP contribution in [0.3, 0.4) is 0 Å². The fourth-order valence-corrected chi connectivity index (χ4v) is 3.01. The summed E-state index contributed by atoms with van der Waals surface area (Å²) in [6.45, 7) is 6.98. The van der Waals surface area contributed by atoms with E-state index in [-0.39, 0.29) is 0 Å². The number of rotatable bonds is 5. The standard InChI is InChI=1S/C14H22N2OS/c1-2-3-6-14(17)16-9-7-15(8-10-16)12-13-5-4-11-18-13/h4-5,11H,2-3,6-10,12H2,1H3. The molecule has 1 fully saturated rings. The minimum Gasteiger partial charge on any atom is -0.340 e. The van der Waals surface area contributed by atoms with Crippen LogP contribution in [0.25, 0.3) is 0 Å². The highest BCUT2D eigenvalue weighted by molar-refractivity contribution is 7.09. The minimum absolute atomic E-state index is 0.340. The molecule has 3 nitrogen and oxygen atoms in total. The molecule has 0 bridgehead atoms. The second kappa shape index (κ2) is 6.90. The number of carbonyl (C=O) groups is 1. The monoisotopic (exact) mass is 266 g/mol. The van der Waals surface area contributed by atoms with Gasteiger partial charge in [0, 0.05) is 44.0 Å². The zero-order valence-electron chi connectivity index (χ0n) is 11.1. The number of unbranched alkanes of at least 4 members (excludes halogenated alkanes) is 1. The van der Waals surface area contributed by atoms with E-state index in [1.165, 1.54) is 4.88 Å². The molecule has 0 spiro atoms. The Morgan fingerprint density at radius 2 is 2.11 bits per heavy atom. The molecule has 0 aromatic carbocycles.